The molecule has 1 amide bonds. The van der Waals surface area contributed by atoms with Crippen molar-refractivity contribution in [3.05, 3.63) is 83.7 Å². The minimum Gasteiger partial charge on any atom is -0.350 e. The Kier molecular flexibility index (Phi) is 4.98. The van der Waals surface area contributed by atoms with Crippen molar-refractivity contribution in [2.24, 2.45) is 0 Å². The molecule has 0 radical (unpaired) electrons. The Morgan fingerprint density at radius 3 is 2.72 bits per heavy atom. The van der Waals surface area contributed by atoms with Crippen LogP contribution in [0.1, 0.15) is 21.6 Å². The van der Waals surface area contributed by atoms with Crippen LogP contribution < -0.4 is 10.6 Å². The average molecular weight is 329 g/mol. The van der Waals surface area contributed by atoms with Crippen LogP contribution in [0.4, 0.5) is 11.6 Å². The van der Waals surface area contributed by atoms with Crippen LogP contribution in [-0.4, -0.2) is 15.9 Å². The van der Waals surface area contributed by atoms with Gasteiger partial charge in [-0.3, -0.25) is 4.79 Å². The Morgan fingerprint density at radius 2 is 1.92 bits per heavy atom. The van der Waals surface area contributed by atoms with E-state index >= 15 is 0 Å². The minimum atomic E-state index is -0.361. The molecule has 1 aromatic heterocycles. The molecule has 3 aromatic rings. The number of nitrogens with one attached hydrogen (secondary N) is 2. The normalized spacial score (nSPS) is 9.88. The molecule has 0 aliphatic heterocycles. The standard InChI is InChI=1S/C19H15N5O/c20-12-15-7-4-8-16(11-15)23-18(25)17-9-10-21-19(24-17)22-13-14-5-2-1-3-6-14/h1-11H,13H2,(H,23,25)(H,21,22,24). The van der Waals surface area contributed by atoms with E-state index in [9.17, 15) is 4.79 Å². The van der Waals surface area contributed by atoms with Gasteiger partial charge in [-0.25, -0.2) is 9.97 Å². The predicted molar refractivity (Wildman–Crippen MR) is 94.9 cm³/mol. The molecule has 0 atom stereocenters. The Balaban J connectivity index is 1.68. The third-order valence-electron chi connectivity index (χ3n) is 3.43. The molecule has 0 bridgehead atoms. The average Bonchev–Trinajstić information content (AvgIpc) is 2.67. The molecule has 3 rings (SSSR count). The van der Waals surface area contributed by atoms with Crippen molar-refractivity contribution >= 4 is 17.5 Å². The number of nitriles is 1. The minimum absolute atomic E-state index is 0.243. The summed E-state index contributed by atoms with van der Waals surface area (Å²) in [6, 6.07) is 20.1. The second kappa shape index (κ2) is 7.70. The van der Waals surface area contributed by atoms with Crippen molar-refractivity contribution in [1.82, 2.24) is 9.97 Å². The van der Waals surface area contributed by atoms with Crippen molar-refractivity contribution in [1.29, 1.82) is 5.26 Å². The number of rotatable bonds is 5. The molecule has 0 spiro atoms. The van der Waals surface area contributed by atoms with Crippen LogP contribution >= 0.6 is 0 Å². The molecule has 0 saturated carbocycles. The number of carbonyl (C=O) groups is 1. The molecule has 0 saturated heterocycles. The van der Waals surface area contributed by atoms with E-state index in [0.29, 0.717) is 23.7 Å². The van der Waals surface area contributed by atoms with Crippen LogP contribution in [0, 0.1) is 11.3 Å². The van der Waals surface area contributed by atoms with Crippen LogP contribution in [0.5, 0.6) is 0 Å². The second-order valence-corrected chi connectivity index (χ2v) is 5.25. The zero-order chi connectivity index (χ0) is 17.5. The molecule has 2 aromatic carbocycles. The molecule has 0 unspecified atom stereocenters. The molecular weight excluding hydrogens is 314 g/mol. The summed E-state index contributed by atoms with van der Waals surface area (Å²) in [6.45, 7) is 0.566. The SMILES string of the molecule is N#Cc1cccc(NC(=O)c2ccnc(NCc3ccccc3)n2)c1. The highest BCUT2D eigenvalue weighted by Crippen LogP contribution is 2.12. The summed E-state index contributed by atoms with van der Waals surface area (Å²) in [5, 5.41) is 14.7. The van der Waals surface area contributed by atoms with Gasteiger partial charge in [0.15, 0.2) is 0 Å². The lowest BCUT2D eigenvalue weighted by Gasteiger charge is -2.07. The summed E-state index contributed by atoms with van der Waals surface area (Å²) in [4.78, 5) is 20.7. The molecular formula is C19H15N5O. The first-order chi connectivity index (χ1) is 12.2. The number of amides is 1. The van der Waals surface area contributed by atoms with E-state index in [-0.39, 0.29) is 11.6 Å². The fraction of sp³-hybridized carbons (Fsp3) is 0.0526. The Morgan fingerprint density at radius 1 is 1.08 bits per heavy atom. The van der Waals surface area contributed by atoms with Crippen molar-refractivity contribution in [2.45, 2.75) is 6.54 Å². The molecule has 0 fully saturated rings. The summed E-state index contributed by atoms with van der Waals surface area (Å²) >= 11 is 0. The highest BCUT2D eigenvalue weighted by molar-refractivity contribution is 6.03. The van der Waals surface area contributed by atoms with Crippen LogP contribution in [0.25, 0.3) is 0 Å². The van der Waals surface area contributed by atoms with Crippen molar-refractivity contribution < 1.29 is 4.79 Å². The summed E-state index contributed by atoms with van der Waals surface area (Å²) in [6.07, 6.45) is 1.53. The summed E-state index contributed by atoms with van der Waals surface area (Å²) in [7, 11) is 0. The lowest BCUT2D eigenvalue weighted by Crippen LogP contribution is -2.15. The van der Waals surface area contributed by atoms with Crippen LogP contribution in [-0.2, 0) is 6.54 Å². The maximum Gasteiger partial charge on any atom is 0.274 e. The number of carbonyl (C=O) groups excluding carboxylic acids is 1. The van der Waals surface area contributed by atoms with E-state index in [0.717, 1.165) is 5.56 Å². The lowest BCUT2D eigenvalue weighted by molar-refractivity contribution is 0.102. The van der Waals surface area contributed by atoms with E-state index in [1.54, 1.807) is 24.3 Å². The van der Waals surface area contributed by atoms with Gasteiger partial charge in [0.2, 0.25) is 5.95 Å². The molecule has 0 aliphatic rings. The van der Waals surface area contributed by atoms with E-state index in [4.69, 9.17) is 5.26 Å². The molecule has 122 valence electrons. The Hall–Kier alpha value is -3.72. The number of hydrogen-bond acceptors (Lipinski definition) is 5. The number of aromatic nitrogens is 2. The van der Waals surface area contributed by atoms with Crippen LogP contribution in [0.15, 0.2) is 66.9 Å². The molecule has 6 nitrogen and oxygen atoms in total. The first kappa shape index (κ1) is 16.1. The van der Waals surface area contributed by atoms with Crippen LogP contribution in [0.2, 0.25) is 0 Å². The first-order valence-corrected chi connectivity index (χ1v) is 7.67. The quantitative estimate of drug-likeness (QED) is 0.750. The number of hydrogen-bond donors (Lipinski definition) is 2. The number of anilines is 2. The monoisotopic (exact) mass is 329 g/mol. The predicted octanol–water partition coefficient (Wildman–Crippen LogP) is 3.21. The van der Waals surface area contributed by atoms with Crippen molar-refractivity contribution in [3.63, 3.8) is 0 Å². The maximum atomic E-state index is 12.3. The van der Waals surface area contributed by atoms with Gasteiger partial charge in [0.25, 0.3) is 5.91 Å². The fourth-order valence-corrected chi connectivity index (χ4v) is 2.21. The molecule has 0 aliphatic carbocycles. The van der Waals surface area contributed by atoms with Gasteiger partial charge in [-0.1, -0.05) is 36.4 Å². The van der Waals surface area contributed by atoms with Gasteiger partial charge in [0, 0.05) is 18.4 Å². The van der Waals surface area contributed by atoms with E-state index < -0.39 is 0 Å². The number of nitrogens with zero attached hydrogens (tertiary/aromatic N) is 3. The zero-order valence-corrected chi connectivity index (χ0v) is 13.3. The number of benzene rings is 2. The van der Waals surface area contributed by atoms with Crippen molar-refractivity contribution in [2.75, 3.05) is 10.6 Å². The maximum absolute atomic E-state index is 12.3. The Labute approximate surface area is 145 Å². The second-order valence-electron chi connectivity index (χ2n) is 5.25. The molecule has 2 N–H and O–H groups in total. The highest BCUT2D eigenvalue weighted by atomic mass is 16.1. The topological polar surface area (TPSA) is 90.7 Å². The molecule has 25 heavy (non-hydrogen) atoms. The lowest BCUT2D eigenvalue weighted by atomic mass is 10.2. The summed E-state index contributed by atoms with van der Waals surface area (Å²) in [5.41, 5.74) is 2.36. The summed E-state index contributed by atoms with van der Waals surface area (Å²) < 4.78 is 0. The van der Waals surface area contributed by atoms with E-state index in [2.05, 4.69) is 20.6 Å². The first-order valence-electron chi connectivity index (χ1n) is 7.67. The fourth-order valence-electron chi connectivity index (χ4n) is 2.21. The largest absolute Gasteiger partial charge is 0.350 e. The van der Waals surface area contributed by atoms with Gasteiger partial charge in [0.1, 0.15) is 5.69 Å². The Bertz CT molecular complexity index is 918. The van der Waals surface area contributed by atoms with Crippen LogP contribution in [0.3, 0.4) is 0 Å². The van der Waals surface area contributed by atoms with E-state index in [1.165, 1.54) is 12.3 Å². The third-order valence-corrected chi connectivity index (χ3v) is 3.43. The van der Waals surface area contributed by atoms with Crippen molar-refractivity contribution in [3.8, 4) is 6.07 Å². The third kappa shape index (κ3) is 4.39. The molecule has 1 heterocycles. The molecule has 6 heteroatoms. The smallest absolute Gasteiger partial charge is 0.274 e. The van der Waals surface area contributed by atoms with E-state index in [1.807, 2.05) is 36.4 Å². The van der Waals surface area contributed by atoms with Gasteiger partial charge in [-0.15, -0.1) is 0 Å². The summed E-state index contributed by atoms with van der Waals surface area (Å²) in [5.74, 6) is 0.0162. The van der Waals surface area contributed by atoms with Gasteiger partial charge in [-0.2, -0.15) is 5.26 Å². The van der Waals surface area contributed by atoms with Gasteiger partial charge >= 0.3 is 0 Å². The van der Waals surface area contributed by atoms with Gasteiger partial charge in [0.05, 0.1) is 11.6 Å². The zero-order valence-electron chi connectivity index (χ0n) is 13.3. The van der Waals surface area contributed by atoms with Gasteiger partial charge < -0.3 is 10.6 Å². The van der Waals surface area contributed by atoms with Gasteiger partial charge in [-0.05, 0) is 29.8 Å². The highest BCUT2D eigenvalue weighted by Gasteiger charge is 2.09.